The predicted octanol–water partition coefficient (Wildman–Crippen LogP) is 2.24. The Hall–Kier alpha value is -0.590. The molecule has 0 spiro atoms. The second-order valence-electron chi connectivity index (χ2n) is 5.45. The summed E-state index contributed by atoms with van der Waals surface area (Å²) in [6.45, 7) is 5.97. The van der Waals surface area contributed by atoms with Crippen LogP contribution in [0.2, 0.25) is 0 Å². The molecule has 0 unspecified atom stereocenters. The average molecular weight is 235 g/mol. The zero-order valence-electron chi connectivity index (χ0n) is 10.9. The van der Waals surface area contributed by atoms with Gasteiger partial charge in [0.2, 0.25) is 0 Å². The van der Waals surface area contributed by atoms with Crippen molar-refractivity contribution in [2.45, 2.75) is 51.0 Å². The molecule has 2 fully saturated rings. The van der Waals surface area contributed by atoms with Crippen molar-refractivity contribution in [3.8, 4) is 6.07 Å². The van der Waals surface area contributed by atoms with Gasteiger partial charge in [0.1, 0.15) is 0 Å². The van der Waals surface area contributed by atoms with Crippen molar-refractivity contribution in [3.05, 3.63) is 0 Å². The highest BCUT2D eigenvalue weighted by molar-refractivity contribution is 4.83. The maximum absolute atomic E-state index is 8.66. The smallest absolute Gasteiger partial charge is 0.0635 e. The quantitative estimate of drug-likeness (QED) is 0.751. The molecule has 2 aliphatic heterocycles. The van der Waals surface area contributed by atoms with E-state index in [1.54, 1.807) is 0 Å². The first-order valence-corrected chi connectivity index (χ1v) is 7.23. The Bertz CT molecular complexity index is 251. The Balaban J connectivity index is 1.81. The number of hydrogen-bond acceptors (Lipinski definition) is 3. The van der Waals surface area contributed by atoms with Gasteiger partial charge in [0.15, 0.2) is 0 Å². The fraction of sp³-hybridized carbons (Fsp3) is 0.929. The van der Waals surface area contributed by atoms with E-state index in [1.807, 2.05) is 0 Å². The summed E-state index contributed by atoms with van der Waals surface area (Å²) in [5, 5.41) is 8.66. The van der Waals surface area contributed by atoms with Gasteiger partial charge in [-0.3, -0.25) is 4.90 Å². The second-order valence-corrected chi connectivity index (χ2v) is 5.45. The van der Waals surface area contributed by atoms with Crippen LogP contribution >= 0.6 is 0 Å². The summed E-state index contributed by atoms with van der Waals surface area (Å²) in [5.41, 5.74) is 0. The van der Waals surface area contributed by atoms with E-state index in [9.17, 15) is 0 Å². The highest BCUT2D eigenvalue weighted by atomic mass is 15.2. The Morgan fingerprint density at radius 2 is 1.76 bits per heavy atom. The van der Waals surface area contributed by atoms with E-state index in [-0.39, 0.29) is 0 Å². The maximum atomic E-state index is 8.66. The topological polar surface area (TPSA) is 30.3 Å². The van der Waals surface area contributed by atoms with E-state index in [0.717, 1.165) is 12.6 Å². The van der Waals surface area contributed by atoms with E-state index in [1.165, 1.54) is 64.7 Å². The van der Waals surface area contributed by atoms with Gasteiger partial charge in [0, 0.05) is 25.6 Å². The normalized spacial score (nSPS) is 28.5. The van der Waals surface area contributed by atoms with E-state index in [2.05, 4.69) is 15.9 Å². The molecule has 0 aromatic carbocycles. The molecule has 0 radical (unpaired) electrons. The summed E-state index contributed by atoms with van der Waals surface area (Å²) in [4.78, 5) is 5.20. The van der Waals surface area contributed by atoms with E-state index < -0.39 is 0 Å². The Labute approximate surface area is 105 Å². The van der Waals surface area contributed by atoms with Crippen LogP contribution in [0, 0.1) is 11.3 Å². The van der Waals surface area contributed by atoms with Crippen molar-refractivity contribution >= 4 is 0 Å². The number of rotatable bonds is 3. The number of piperidine rings is 1. The van der Waals surface area contributed by atoms with Gasteiger partial charge in [-0.2, -0.15) is 5.26 Å². The molecule has 2 heterocycles. The van der Waals surface area contributed by atoms with Crippen molar-refractivity contribution in [2.75, 3.05) is 32.7 Å². The first kappa shape index (κ1) is 12.9. The van der Waals surface area contributed by atoms with Gasteiger partial charge in [-0.25, -0.2) is 0 Å². The Kier molecular flexibility index (Phi) is 5.28. The molecule has 0 amide bonds. The third-order valence-electron chi connectivity index (χ3n) is 4.18. The van der Waals surface area contributed by atoms with E-state index in [0.29, 0.717) is 6.42 Å². The predicted molar refractivity (Wildman–Crippen MR) is 69.7 cm³/mol. The van der Waals surface area contributed by atoms with Gasteiger partial charge in [-0.1, -0.05) is 12.8 Å². The van der Waals surface area contributed by atoms with Crippen LogP contribution < -0.4 is 0 Å². The van der Waals surface area contributed by atoms with Gasteiger partial charge in [-0.15, -0.1) is 0 Å². The minimum absolute atomic E-state index is 0.687. The van der Waals surface area contributed by atoms with Gasteiger partial charge >= 0.3 is 0 Å². The number of nitrogens with zero attached hydrogens (tertiary/aromatic N) is 3. The van der Waals surface area contributed by atoms with E-state index in [4.69, 9.17) is 5.26 Å². The van der Waals surface area contributed by atoms with Crippen LogP contribution in [0.3, 0.4) is 0 Å². The van der Waals surface area contributed by atoms with Gasteiger partial charge in [-0.05, 0) is 45.3 Å². The Morgan fingerprint density at radius 1 is 1.00 bits per heavy atom. The molecule has 0 aromatic heterocycles. The molecule has 3 nitrogen and oxygen atoms in total. The molecular weight excluding hydrogens is 210 g/mol. The van der Waals surface area contributed by atoms with Gasteiger partial charge < -0.3 is 4.90 Å². The molecule has 2 saturated heterocycles. The second kappa shape index (κ2) is 6.98. The maximum Gasteiger partial charge on any atom is 0.0635 e. The minimum Gasteiger partial charge on any atom is -0.301 e. The highest BCUT2D eigenvalue weighted by Crippen LogP contribution is 2.20. The Morgan fingerprint density at radius 3 is 2.47 bits per heavy atom. The molecule has 3 heteroatoms. The van der Waals surface area contributed by atoms with Gasteiger partial charge in [0.05, 0.1) is 6.07 Å². The largest absolute Gasteiger partial charge is 0.301 e. The summed E-state index contributed by atoms with van der Waals surface area (Å²) in [7, 11) is 0. The van der Waals surface area contributed by atoms with Crippen LogP contribution in [0.25, 0.3) is 0 Å². The lowest BCUT2D eigenvalue weighted by molar-refractivity contribution is 0.101. The lowest BCUT2D eigenvalue weighted by Crippen LogP contribution is -2.48. The SMILES string of the molecule is N#CCCN1CCC[C@H](N2CCCCCC2)C1. The van der Waals surface area contributed by atoms with Crippen molar-refractivity contribution in [1.82, 2.24) is 9.80 Å². The average Bonchev–Trinajstić information content (AvgIpc) is 2.65. The summed E-state index contributed by atoms with van der Waals surface area (Å²) in [6, 6.07) is 3.03. The van der Waals surface area contributed by atoms with Crippen LogP contribution in [0.4, 0.5) is 0 Å². The number of likely N-dealkylation sites (tertiary alicyclic amines) is 2. The molecule has 1 atom stereocenters. The summed E-state index contributed by atoms with van der Waals surface area (Å²) in [6.07, 6.45) is 8.97. The number of hydrogen-bond donors (Lipinski definition) is 0. The lowest BCUT2D eigenvalue weighted by atomic mass is 10.0. The summed E-state index contributed by atoms with van der Waals surface area (Å²) >= 11 is 0. The summed E-state index contributed by atoms with van der Waals surface area (Å²) in [5.74, 6) is 0. The molecule has 0 bridgehead atoms. The lowest BCUT2D eigenvalue weighted by Gasteiger charge is -2.38. The fourth-order valence-electron chi connectivity index (χ4n) is 3.20. The molecule has 2 rings (SSSR count). The molecule has 96 valence electrons. The zero-order valence-corrected chi connectivity index (χ0v) is 10.9. The van der Waals surface area contributed by atoms with Crippen molar-refractivity contribution in [2.24, 2.45) is 0 Å². The van der Waals surface area contributed by atoms with Gasteiger partial charge in [0.25, 0.3) is 0 Å². The van der Waals surface area contributed by atoms with Crippen LogP contribution in [0.15, 0.2) is 0 Å². The molecular formula is C14H25N3. The van der Waals surface area contributed by atoms with Crippen LogP contribution in [0.5, 0.6) is 0 Å². The van der Waals surface area contributed by atoms with Crippen LogP contribution in [-0.4, -0.2) is 48.6 Å². The molecule has 0 aromatic rings. The minimum atomic E-state index is 0.687. The molecule has 0 N–H and O–H groups in total. The van der Waals surface area contributed by atoms with E-state index >= 15 is 0 Å². The van der Waals surface area contributed by atoms with Crippen molar-refractivity contribution in [3.63, 3.8) is 0 Å². The standard InChI is InChI=1S/C14H25N3/c15-8-6-10-16-9-5-7-14(13-16)17-11-3-1-2-4-12-17/h14H,1-7,9-13H2/t14-/m0/s1. The number of nitriles is 1. The molecule has 0 aliphatic carbocycles. The van der Waals surface area contributed by atoms with Crippen LogP contribution in [-0.2, 0) is 0 Å². The van der Waals surface area contributed by atoms with Crippen LogP contribution in [0.1, 0.15) is 44.9 Å². The third-order valence-corrected chi connectivity index (χ3v) is 4.18. The summed E-state index contributed by atoms with van der Waals surface area (Å²) < 4.78 is 0. The third kappa shape index (κ3) is 3.97. The molecule has 2 aliphatic rings. The fourth-order valence-corrected chi connectivity index (χ4v) is 3.20. The highest BCUT2D eigenvalue weighted by Gasteiger charge is 2.25. The molecule has 0 saturated carbocycles. The first-order chi connectivity index (χ1) is 8.40. The molecule has 17 heavy (non-hydrogen) atoms. The monoisotopic (exact) mass is 235 g/mol. The first-order valence-electron chi connectivity index (χ1n) is 7.23. The zero-order chi connectivity index (χ0) is 11.9. The van der Waals surface area contributed by atoms with Crippen molar-refractivity contribution in [1.29, 1.82) is 5.26 Å². The van der Waals surface area contributed by atoms with Crippen molar-refractivity contribution < 1.29 is 0 Å².